The van der Waals surface area contributed by atoms with Gasteiger partial charge >= 0.3 is 0 Å². The van der Waals surface area contributed by atoms with Crippen LogP contribution < -0.4 is 5.11 Å². The molecule has 0 heterocycles. The summed E-state index contributed by atoms with van der Waals surface area (Å²) in [4.78, 5) is 10.8. The minimum absolute atomic E-state index is 0.0494. The van der Waals surface area contributed by atoms with Crippen molar-refractivity contribution in [2.75, 3.05) is 27.2 Å². The Bertz CT molecular complexity index is 384. The lowest BCUT2D eigenvalue weighted by Crippen LogP contribution is -2.53. The van der Waals surface area contributed by atoms with Crippen molar-refractivity contribution in [3.05, 3.63) is 0 Å². The van der Waals surface area contributed by atoms with Crippen molar-refractivity contribution in [1.29, 1.82) is 0 Å². The molecule has 0 saturated heterocycles. The quantitative estimate of drug-likeness (QED) is 0.236. The fourth-order valence-electron chi connectivity index (χ4n) is 4.31. The van der Waals surface area contributed by atoms with Crippen molar-refractivity contribution >= 4 is 5.97 Å². The summed E-state index contributed by atoms with van der Waals surface area (Å²) in [5, 5.41) is 21.8. The van der Waals surface area contributed by atoms with Gasteiger partial charge in [-0.05, 0) is 12.8 Å². The SMILES string of the molecule is CCCCCCCCCCCCCCC(O)(CCC)C[N+](C)(C)CCC(=O)[O-]. The molecule has 168 valence electrons. The Morgan fingerprint density at radius 3 is 1.68 bits per heavy atom. The van der Waals surface area contributed by atoms with Crippen LogP contribution in [0.4, 0.5) is 0 Å². The lowest BCUT2D eigenvalue weighted by atomic mass is 9.89. The van der Waals surface area contributed by atoms with E-state index in [1.54, 1.807) is 0 Å². The Labute approximate surface area is 175 Å². The first kappa shape index (κ1) is 27.4. The zero-order valence-electron chi connectivity index (χ0n) is 19.4. The maximum Gasteiger partial charge on any atom is 0.113 e. The molecular formula is C24H49NO3. The normalized spacial score (nSPS) is 14.2. The summed E-state index contributed by atoms with van der Waals surface area (Å²) in [6.07, 6.45) is 18.5. The first-order valence-electron chi connectivity index (χ1n) is 12.0. The predicted molar refractivity (Wildman–Crippen MR) is 117 cm³/mol. The molecule has 1 N–H and O–H groups in total. The van der Waals surface area contributed by atoms with Crippen molar-refractivity contribution in [2.24, 2.45) is 0 Å². The van der Waals surface area contributed by atoms with Crippen molar-refractivity contribution in [1.82, 2.24) is 0 Å². The molecule has 0 aromatic heterocycles. The molecule has 0 aliphatic rings. The summed E-state index contributed by atoms with van der Waals surface area (Å²) in [5.74, 6) is -1.01. The Balaban J connectivity index is 3.92. The lowest BCUT2D eigenvalue weighted by molar-refractivity contribution is -0.896. The molecule has 1 unspecified atom stereocenters. The van der Waals surface area contributed by atoms with Crippen molar-refractivity contribution in [3.63, 3.8) is 0 Å². The highest BCUT2D eigenvalue weighted by Gasteiger charge is 2.33. The summed E-state index contributed by atoms with van der Waals surface area (Å²) in [7, 11) is 4.01. The molecule has 0 fully saturated rings. The highest BCUT2D eigenvalue weighted by molar-refractivity contribution is 5.64. The van der Waals surface area contributed by atoms with Crippen molar-refractivity contribution in [3.8, 4) is 0 Å². The fraction of sp³-hybridized carbons (Fsp3) is 0.958. The van der Waals surface area contributed by atoms with Crippen LogP contribution in [0.25, 0.3) is 0 Å². The minimum atomic E-state index is -1.01. The van der Waals surface area contributed by atoms with E-state index in [-0.39, 0.29) is 6.42 Å². The largest absolute Gasteiger partial charge is 0.550 e. The standard InChI is InChI=1S/C24H49NO3/c1-5-7-8-9-10-11-12-13-14-15-16-17-20-24(28,19-6-2)22-25(3,4)21-18-23(26)27/h28H,5-22H2,1-4H3. The number of carbonyl (C=O) groups is 1. The molecule has 28 heavy (non-hydrogen) atoms. The highest BCUT2D eigenvalue weighted by atomic mass is 16.4. The third-order valence-corrected chi connectivity index (χ3v) is 5.85. The van der Waals surface area contributed by atoms with Gasteiger partial charge < -0.3 is 19.5 Å². The van der Waals surface area contributed by atoms with Gasteiger partial charge in [0.05, 0.1) is 20.6 Å². The van der Waals surface area contributed by atoms with Crippen LogP contribution in [0, 0.1) is 0 Å². The lowest BCUT2D eigenvalue weighted by Gasteiger charge is -2.38. The number of unbranched alkanes of at least 4 members (excludes halogenated alkanes) is 11. The van der Waals surface area contributed by atoms with Gasteiger partial charge in [-0.2, -0.15) is 0 Å². The maximum absolute atomic E-state index is 11.1. The van der Waals surface area contributed by atoms with E-state index in [2.05, 4.69) is 13.8 Å². The summed E-state index contributed by atoms with van der Waals surface area (Å²) >= 11 is 0. The number of aliphatic hydroxyl groups is 1. The second-order valence-corrected chi connectivity index (χ2v) is 9.55. The van der Waals surface area contributed by atoms with Crippen molar-refractivity contribution in [2.45, 2.75) is 122 Å². The molecule has 0 aromatic carbocycles. The van der Waals surface area contributed by atoms with Crippen LogP contribution in [0.5, 0.6) is 0 Å². The van der Waals surface area contributed by atoms with Crippen LogP contribution in [0.1, 0.15) is 117 Å². The van der Waals surface area contributed by atoms with E-state index < -0.39 is 11.6 Å². The molecule has 1 atom stereocenters. The van der Waals surface area contributed by atoms with Crippen LogP contribution in [-0.4, -0.2) is 48.3 Å². The first-order valence-corrected chi connectivity index (χ1v) is 12.0. The minimum Gasteiger partial charge on any atom is -0.550 e. The molecule has 0 aliphatic carbocycles. The predicted octanol–water partition coefficient (Wildman–Crippen LogP) is 4.83. The molecular weight excluding hydrogens is 350 g/mol. The van der Waals surface area contributed by atoms with Gasteiger partial charge in [0.15, 0.2) is 0 Å². The van der Waals surface area contributed by atoms with Crippen LogP contribution in [-0.2, 0) is 4.79 Å². The monoisotopic (exact) mass is 399 g/mol. The van der Waals surface area contributed by atoms with E-state index in [0.717, 1.165) is 25.7 Å². The number of carboxylic acid groups (broad SMARTS) is 1. The van der Waals surface area contributed by atoms with Crippen LogP contribution in [0.2, 0.25) is 0 Å². The molecule has 4 heteroatoms. The average molecular weight is 400 g/mol. The Kier molecular flexibility index (Phi) is 15.9. The number of aliphatic carboxylic acids is 1. The van der Waals surface area contributed by atoms with Crippen LogP contribution in [0.3, 0.4) is 0 Å². The number of carboxylic acids is 1. The number of hydrogen-bond donors (Lipinski definition) is 1. The summed E-state index contributed by atoms with van der Waals surface area (Å²) in [6.45, 7) is 5.49. The Morgan fingerprint density at radius 2 is 1.25 bits per heavy atom. The second kappa shape index (κ2) is 16.2. The van der Waals surface area contributed by atoms with Gasteiger partial charge in [0.1, 0.15) is 12.1 Å². The molecule has 4 nitrogen and oxygen atoms in total. The number of rotatable bonds is 20. The molecule has 0 aromatic rings. The summed E-state index contributed by atoms with van der Waals surface area (Å²) < 4.78 is 0.530. The number of nitrogens with zero attached hydrogens (tertiary/aromatic N) is 1. The third-order valence-electron chi connectivity index (χ3n) is 5.85. The second-order valence-electron chi connectivity index (χ2n) is 9.55. The molecule has 0 saturated carbocycles. The smallest absolute Gasteiger partial charge is 0.113 e. The first-order chi connectivity index (χ1) is 13.2. The number of likely N-dealkylation sites (N-methyl/N-ethyl adjacent to an activating group) is 1. The van der Waals surface area contributed by atoms with E-state index in [4.69, 9.17) is 0 Å². The fourth-order valence-corrected chi connectivity index (χ4v) is 4.31. The third kappa shape index (κ3) is 16.4. The van der Waals surface area contributed by atoms with Gasteiger partial charge in [-0.25, -0.2) is 0 Å². The van der Waals surface area contributed by atoms with Gasteiger partial charge in [0, 0.05) is 12.4 Å². The van der Waals surface area contributed by atoms with E-state index in [1.165, 1.54) is 70.6 Å². The topological polar surface area (TPSA) is 60.4 Å². The summed E-state index contributed by atoms with van der Waals surface area (Å²) in [6, 6.07) is 0. The number of quaternary nitrogens is 1. The van der Waals surface area contributed by atoms with Gasteiger partial charge in [-0.3, -0.25) is 0 Å². The Morgan fingerprint density at radius 1 is 0.786 bits per heavy atom. The molecule has 0 bridgehead atoms. The van der Waals surface area contributed by atoms with E-state index in [1.807, 2.05) is 14.1 Å². The average Bonchev–Trinajstić information content (AvgIpc) is 2.61. The van der Waals surface area contributed by atoms with E-state index in [0.29, 0.717) is 17.6 Å². The molecule has 0 rings (SSSR count). The van der Waals surface area contributed by atoms with Gasteiger partial charge in [0.2, 0.25) is 0 Å². The van der Waals surface area contributed by atoms with Gasteiger partial charge in [0.25, 0.3) is 0 Å². The van der Waals surface area contributed by atoms with E-state index >= 15 is 0 Å². The number of carbonyl (C=O) groups excluding carboxylic acids is 1. The number of hydrogen-bond acceptors (Lipinski definition) is 3. The highest BCUT2D eigenvalue weighted by Crippen LogP contribution is 2.25. The van der Waals surface area contributed by atoms with Crippen LogP contribution >= 0.6 is 0 Å². The summed E-state index contributed by atoms with van der Waals surface area (Å²) in [5.41, 5.74) is -0.678. The zero-order valence-corrected chi connectivity index (χ0v) is 19.4. The Hall–Kier alpha value is -0.610. The van der Waals surface area contributed by atoms with Crippen LogP contribution in [0.15, 0.2) is 0 Å². The molecule has 0 amide bonds. The maximum atomic E-state index is 11.1. The van der Waals surface area contributed by atoms with Gasteiger partial charge in [-0.15, -0.1) is 0 Å². The molecule has 0 aliphatic heterocycles. The van der Waals surface area contributed by atoms with E-state index in [9.17, 15) is 15.0 Å². The van der Waals surface area contributed by atoms with Crippen molar-refractivity contribution < 1.29 is 19.5 Å². The molecule has 0 spiro atoms. The van der Waals surface area contributed by atoms with Gasteiger partial charge in [-0.1, -0.05) is 97.3 Å². The zero-order chi connectivity index (χ0) is 21.3. The molecule has 0 radical (unpaired) electrons.